The van der Waals surface area contributed by atoms with Crippen molar-refractivity contribution in [2.24, 2.45) is 0 Å². The van der Waals surface area contributed by atoms with Gasteiger partial charge in [0.25, 0.3) is 0 Å². The number of nitrogens with one attached hydrogen (secondary N) is 1. The van der Waals surface area contributed by atoms with E-state index in [2.05, 4.69) is 4.72 Å². The van der Waals surface area contributed by atoms with Gasteiger partial charge in [0.05, 0.1) is 10.9 Å². The third kappa shape index (κ3) is 3.20. The summed E-state index contributed by atoms with van der Waals surface area (Å²) in [6, 6.07) is 13.5. The minimum Gasteiger partial charge on any atom is -0.492 e. The van der Waals surface area contributed by atoms with E-state index >= 15 is 0 Å². The maximum absolute atomic E-state index is 12.3. The number of hydrogen-bond donors (Lipinski definition) is 1. The zero-order valence-corrected chi connectivity index (χ0v) is 12.7. The predicted octanol–water partition coefficient (Wildman–Crippen LogP) is 2.62. The van der Waals surface area contributed by atoms with Gasteiger partial charge in [-0.3, -0.25) is 0 Å². The van der Waals surface area contributed by atoms with E-state index in [9.17, 15) is 8.42 Å². The van der Waals surface area contributed by atoms with Crippen LogP contribution in [0.3, 0.4) is 0 Å². The number of halogens is 1. The second kappa shape index (κ2) is 5.67. The molecule has 3 rings (SSSR count). The normalized spacial score (nSPS) is 17.9. The van der Waals surface area contributed by atoms with Gasteiger partial charge in [0.15, 0.2) is 0 Å². The number of hydrogen-bond acceptors (Lipinski definition) is 3. The van der Waals surface area contributed by atoms with Gasteiger partial charge in [-0.05, 0) is 42.3 Å². The molecule has 0 spiro atoms. The van der Waals surface area contributed by atoms with Crippen LogP contribution in [0.25, 0.3) is 0 Å². The third-order valence-corrected chi connectivity index (χ3v) is 5.11. The average molecular weight is 324 g/mol. The van der Waals surface area contributed by atoms with Crippen molar-refractivity contribution in [3.8, 4) is 5.75 Å². The highest BCUT2D eigenvalue weighted by Gasteiger charge is 2.25. The minimum absolute atomic E-state index is 0.200. The molecule has 21 heavy (non-hydrogen) atoms. The second-order valence-corrected chi connectivity index (χ2v) is 7.05. The number of sulfonamides is 1. The first-order valence-corrected chi connectivity index (χ1v) is 8.39. The van der Waals surface area contributed by atoms with Crippen LogP contribution < -0.4 is 9.46 Å². The van der Waals surface area contributed by atoms with Gasteiger partial charge >= 0.3 is 0 Å². The third-order valence-electron chi connectivity index (χ3n) is 3.32. The Kier molecular flexibility index (Phi) is 3.89. The summed E-state index contributed by atoms with van der Waals surface area (Å²) in [4.78, 5) is 0.200. The average Bonchev–Trinajstić information content (AvgIpc) is 2.47. The molecule has 4 nitrogen and oxygen atoms in total. The first-order chi connectivity index (χ1) is 10.0. The molecule has 1 aliphatic rings. The van der Waals surface area contributed by atoms with Crippen LogP contribution in [-0.4, -0.2) is 21.1 Å². The van der Waals surface area contributed by atoms with E-state index in [1.54, 1.807) is 12.1 Å². The molecule has 2 aromatic rings. The van der Waals surface area contributed by atoms with Crippen molar-refractivity contribution in [3.63, 3.8) is 0 Å². The van der Waals surface area contributed by atoms with Crippen LogP contribution in [-0.2, 0) is 16.4 Å². The summed E-state index contributed by atoms with van der Waals surface area (Å²) >= 11 is 5.77. The number of fused-ring (bicyclic) bond motifs is 1. The summed E-state index contributed by atoms with van der Waals surface area (Å²) in [6.45, 7) is 0.323. The van der Waals surface area contributed by atoms with Crippen molar-refractivity contribution in [2.75, 3.05) is 6.61 Å². The Bertz CT molecular complexity index is 744. The van der Waals surface area contributed by atoms with Crippen molar-refractivity contribution in [2.45, 2.75) is 17.4 Å². The number of ether oxygens (including phenoxy) is 1. The summed E-state index contributed by atoms with van der Waals surface area (Å²) in [5.74, 6) is 0.819. The molecule has 110 valence electrons. The molecular formula is C15H14ClNO3S. The topological polar surface area (TPSA) is 55.4 Å². The van der Waals surface area contributed by atoms with E-state index in [4.69, 9.17) is 16.3 Å². The fraction of sp³-hybridized carbons (Fsp3) is 0.200. The van der Waals surface area contributed by atoms with Crippen molar-refractivity contribution >= 4 is 21.6 Å². The molecule has 0 saturated heterocycles. The van der Waals surface area contributed by atoms with E-state index in [0.29, 0.717) is 18.1 Å². The van der Waals surface area contributed by atoms with Crippen LogP contribution >= 0.6 is 11.6 Å². The fourth-order valence-electron chi connectivity index (χ4n) is 2.30. The molecule has 1 aliphatic heterocycles. The lowest BCUT2D eigenvalue weighted by Gasteiger charge is -2.25. The Morgan fingerprint density at radius 2 is 1.81 bits per heavy atom. The highest BCUT2D eigenvalue weighted by molar-refractivity contribution is 7.89. The lowest BCUT2D eigenvalue weighted by atomic mass is 10.0. The maximum atomic E-state index is 12.3. The summed E-state index contributed by atoms with van der Waals surface area (Å²) < 4.78 is 32.9. The van der Waals surface area contributed by atoms with Gasteiger partial charge in [-0.25, -0.2) is 13.1 Å². The Hall–Kier alpha value is -1.56. The fourth-order valence-corrected chi connectivity index (χ4v) is 3.65. The molecule has 1 N–H and O–H groups in total. The highest BCUT2D eigenvalue weighted by Crippen LogP contribution is 2.24. The van der Waals surface area contributed by atoms with Gasteiger partial charge in [0.1, 0.15) is 12.4 Å². The molecule has 2 aromatic carbocycles. The molecule has 1 unspecified atom stereocenters. The molecule has 1 atom stereocenters. The molecule has 0 aromatic heterocycles. The van der Waals surface area contributed by atoms with Gasteiger partial charge in [-0.1, -0.05) is 29.8 Å². The lowest BCUT2D eigenvalue weighted by Crippen LogP contribution is -2.42. The molecule has 0 saturated carbocycles. The Labute approximate surface area is 128 Å². The Morgan fingerprint density at radius 3 is 2.57 bits per heavy atom. The molecule has 0 bridgehead atoms. The van der Waals surface area contributed by atoms with Gasteiger partial charge < -0.3 is 4.74 Å². The smallest absolute Gasteiger partial charge is 0.240 e. The molecule has 1 heterocycles. The van der Waals surface area contributed by atoms with Crippen LogP contribution in [0, 0.1) is 0 Å². The van der Waals surface area contributed by atoms with Crippen molar-refractivity contribution < 1.29 is 13.2 Å². The van der Waals surface area contributed by atoms with Crippen molar-refractivity contribution in [3.05, 3.63) is 59.1 Å². The van der Waals surface area contributed by atoms with Crippen LogP contribution in [0.2, 0.25) is 5.02 Å². The molecule has 0 fully saturated rings. The van der Waals surface area contributed by atoms with Crippen LogP contribution in [0.15, 0.2) is 53.4 Å². The summed E-state index contributed by atoms with van der Waals surface area (Å²) in [5.41, 5.74) is 1.01. The van der Waals surface area contributed by atoms with Crippen LogP contribution in [0.5, 0.6) is 5.75 Å². The summed E-state index contributed by atoms with van der Waals surface area (Å²) in [6.07, 6.45) is 0.614. The SMILES string of the molecule is O=S(=O)(NC1COc2ccccc2C1)c1ccc(Cl)cc1. The summed E-state index contributed by atoms with van der Waals surface area (Å²) in [7, 11) is -3.57. The van der Waals surface area contributed by atoms with Crippen LogP contribution in [0.4, 0.5) is 0 Å². The summed E-state index contributed by atoms with van der Waals surface area (Å²) in [5, 5.41) is 0.504. The van der Waals surface area contributed by atoms with Crippen molar-refractivity contribution in [1.82, 2.24) is 4.72 Å². The van der Waals surface area contributed by atoms with E-state index in [0.717, 1.165) is 11.3 Å². The van der Waals surface area contributed by atoms with Gasteiger partial charge in [-0.2, -0.15) is 0 Å². The number of benzene rings is 2. The zero-order chi connectivity index (χ0) is 14.9. The highest BCUT2D eigenvalue weighted by atomic mass is 35.5. The largest absolute Gasteiger partial charge is 0.492 e. The second-order valence-electron chi connectivity index (χ2n) is 4.89. The molecule has 0 amide bonds. The quantitative estimate of drug-likeness (QED) is 0.944. The molecule has 0 aliphatic carbocycles. The van der Waals surface area contributed by atoms with E-state index in [-0.39, 0.29) is 10.9 Å². The van der Waals surface area contributed by atoms with Gasteiger partial charge in [0.2, 0.25) is 10.0 Å². The van der Waals surface area contributed by atoms with Gasteiger partial charge in [0, 0.05) is 5.02 Å². The Balaban J connectivity index is 1.77. The van der Waals surface area contributed by atoms with E-state index in [1.165, 1.54) is 12.1 Å². The standard InChI is InChI=1S/C15H14ClNO3S/c16-12-5-7-14(8-6-12)21(18,19)17-13-9-11-3-1-2-4-15(11)20-10-13/h1-8,13,17H,9-10H2. The molecule has 0 radical (unpaired) electrons. The first-order valence-electron chi connectivity index (χ1n) is 6.53. The first kappa shape index (κ1) is 14.4. The number of para-hydroxylation sites is 1. The van der Waals surface area contributed by atoms with E-state index in [1.807, 2.05) is 24.3 Å². The van der Waals surface area contributed by atoms with Gasteiger partial charge in [-0.15, -0.1) is 0 Å². The van der Waals surface area contributed by atoms with Crippen LogP contribution in [0.1, 0.15) is 5.56 Å². The molecular weight excluding hydrogens is 310 g/mol. The lowest BCUT2D eigenvalue weighted by molar-refractivity contribution is 0.254. The zero-order valence-electron chi connectivity index (χ0n) is 11.1. The maximum Gasteiger partial charge on any atom is 0.240 e. The Morgan fingerprint density at radius 1 is 1.10 bits per heavy atom. The monoisotopic (exact) mass is 323 g/mol. The predicted molar refractivity (Wildman–Crippen MR) is 81.2 cm³/mol. The van der Waals surface area contributed by atoms with Crippen molar-refractivity contribution in [1.29, 1.82) is 0 Å². The number of rotatable bonds is 3. The van der Waals surface area contributed by atoms with E-state index < -0.39 is 10.0 Å². The minimum atomic E-state index is -3.57. The molecule has 6 heteroatoms.